The summed E-state index contributed by atoms with van der Waals surface area (Å²) in [7, 11) is 1.90. The van der Waals surface area contributed by atoms with E-state index in [1.165, 1.54) is 0 Å². The average Bonchev–Trinajstić information content (AvgIpc) is 2.77. The van der Waals surface area contributed by atoms with E-state index in [0.717, 1.165) is 18.5 Å². The van der Waals surface area contributed by atoms with Crippen LogP contribution in [0.3, 0.4) is 0 Å². The molecule has 108 valence electrons. The molecule has 0 aliphatic heterocycles. The van der Waals surface area contributed by atoms with Gasteiger partial charge in [0.05, 0.1) is 0 Å². The molecular formula is C13H22F2N4. The summed E-state index contributed by atoms with van der Waals surface area (Å²) < 4.78 is 28.1. The summed E-state index contributed by atoms with van der Waals surface area (Å²) in [6.07, 6.45) is 4.55. The molecule has 6 heteroatoms. The molecule has 3 N–H and O–H groups in total. The standard InChI is InChI=1S/C13H22F2N4/c1-19-11(6-9-17-19)2-3-12(18-16)10-4-7-13(14,15)8-5-10/h6,9-10,12,18H,2-5,7-8,16H2,1H3. The van der Waals surface area contributed by atoms with Gasteiger partial charge >= 0.3 is 0 Å². The highest BCUT2D eigenvalue weighted by atomic mass is 19.3. The molecule has 19 heavy (non-hydrogen) atoms. The smallest absolute Gasteiger partial charge is 0.248 e. The van der Waals surface area contributed by atoms with Gasteiger partial charge in [-0.15, -0.1) is 0 Å². The average molecular weight is 272 g/mol. The Bertz CT molecular complexity index is 395. The van der Waals surface area contributed by atoms with Gasteiger partial charge in [0, 0.05) is 37.8 Å². The Kier molecular flexibility index (Phi) is 4.52. The fourth-order valence-electron chi connectivity index (χ4n) is 2.87. The van der Waals surface area contributed by atoms with Crippen molar-refractivity contribution in [2.75, 3.05) is 0 Å². The minimum absolute atomic E-state index is 0.0123. The zero-order valence-corrected chi connectivity index (χ0v) is 11.3. The third kappa shape index (κ3) is 3.73. The molecule has 1 fully saturated rings. The van der Waals surface area contributed by atoms with Gasteiger partial charge < -0.3 is 0 Å². The molecule has 1 saturated carbocycles. The second-order valence-corrected chi connectivity index (χ2v) is 5.45. The highest BCUT2D eigenvalue weighted by molar-refractivity contribution is 5.00. The van der Waals surface area contributed by atoms with Crippen LogP contribution in [0.25, 0.3) is 0 Å². The molecule has 0 amide bonds. The van der Waals surface area contributed by atoms with Gasteiger partial charge in [-0.25, -0.2) is 8.78 Å². The quantitative estimate of drug-likeness (QED) is 0.637. The van der Waals surface area contributed by atoms with Gasteiger partial charge in [-0.2, -0.15) is 5.10 Å². The molecule has 0 saturated heterocycles. The first kappa shape index (κ1) is 14.4. The SMILES string of the molecule is Cn1nccc1CCC(NN)C1CCC(F)(F)CC1. The summed E-state index contributed by atoms with van der Waals surface area (Å²) >= 11 is 0. The van der Waals surface area contributed by atoms with Crippen LogP contribution in [0.2, 0.25) is 0 Å². The molecule has 1 aromatic heterocycles. The zero-order chi connectivity index (χ0) is 13.9. The normalized spacial score (nSPS) is 21.5. The monoisotopic (exact) mass is 272 g/mol. The summed E-state index contributed by atoms with van der Waals surface area (Å²) in [5.74, 6) is 3.36. The Balaban J connectivity index is 1.85. The van der Waals surface area contributed by atoms with E-state index in [9.17, 15) is 8.78 Å². The summed E-state index contributed by atoms with van der Waals surface area (Å²) in [6, 6.07) is 2.08. The van der Waals surface area contributed by atoms with Crippen LogP contribution in [0, 0.1) is 5.92 Å². The van der Waals surface area contributed by atoms with E-state index in [1.807, 2.05) is 17.8 Å². The van der Waals surface area contributed by atoms with E-state index in [1.54, 1.807) is 6.20 Å². The zero-order valence-electron chi connectivity index (χ0n) is 11.3. The van der Waals surface area contributed by atoms with Crippen molar-refractivity contribution in [3.8, 4) is 0 Å². The topological polar surface area (TPSA) is 55.9 Å². The third-order valence-electron chi connectivity index (χ3n) is 4.18. The fraction of sp³-hybridized carbons (Fsp3) is 0.769. The van der Waals surface area contributed by atoms with Crippen molar-refractivity contribution < 1.29 is 8.78 Å². The Morgan fingerprint density at radius 3 is 2.74 bits per heavy atom. The predicted molar refractivity (Wildman–Crippen MR) is 69.5 cm³/mol. The van der Waals surface area contributed by atoms with Crippen LogP contribution >= 0.6 is 0 Å². The first-order valence-corrected chi connectivity index (χ1v) is 6.83. The Hall–Kier alpha value is -1.01. The molecule has 0 radical (unpaired) electrons. The van der Waals surface area contributed by atoms with Crippen molar-refractivity contribution >= 4 is 0 Å². The van der Waals surface area contributed by atoms with Crippen LogP contribution in [-0.4, -0.2) is 21.7 Å². The van der Waals surface area contributed by atoms with Gasteiger partial charge in [0.1, 0.15) is 0 Å². The van der Waals surface area contributed by atoms with Crippen LogP contribution < -0.4 is 11.3 Å². The lowest BCUT2D eigenvalue weighted by Gasteiger charge is -2.33. The molecule has 0 aromatic carbocycles. The minimum Gasteiger partial charge on any atom is -0.273 e. The second-order valence-electron chi connectivity index (χ2n) is 5.45. The molecule has 0 spiro atoms. The van der Waals surface area contributed by atoms with E-state index in [2.05, 4.69) is 10.5 Å². The van der Waals surface area contributed by atoms with Crippen molar-refractivity contribution in [3.05, 3.63) is 18.0 Å². The minimum atomic E-state index is -2.47. The number of hydrogen-bond acceptors (Lipinski definition) is 3. The molecule has 1 aliphatic carbocycles. The predicted octanol–water partition coefficient (Wildman–Crippen LogP) is 2.01. The summed E-state index contributed by atoms with van der Waals surface area (Å²) in [5.41, 5.74) is 3.95. The van der Waals surface area contributed by atoms with Crippen LogP contribution in [-0.2, 0) is 13.5 Å². The number of alkyl halides is 2. The molecule has 1 unspecified atom stereocenters. The lowest BCUT2D eigenvalue weighted by molar-refractivity contribution is -0.0498. The van der Waals surface area contributed by atoms with Gasteiger partial charge in [-0.1, -0.05) is 0 Å². The number of aryl methyl sites for hydroxylation is 2. The van der Waals surface area contributed by atoms with Gasteiger partial charge in [0.2, 0.25) is 5.92 Å². The maximum Gasteiger partial charge on any atom is 0.248 e. The summed E-state index contributed by atoms with van der Waals surface area (Å²) in [6.45, 7) is 0. The van der Waals surface area contributed by atoms with Crippen LogP contribution in [0.4, 0.5) is 8.78 Å². The molecule has 2 rings (SSSR count). The maximum atomic E-state index is 13.1. The van der Waals surface area contributed by atoms with E-state index in [-0.39, 0.29) is 24.8 Å². The fourth-order valence-corrected chi connectivity index (χ4v) is 2.87. The Labute approximate surface area is 112 Å². The van der Waals surface area contributed by atoms with E-state index >= 15 is 0 Å². The number of aromatic nitrogens is 2. The highest BCUT2D eigenvalue weighted by Gasteiger charge is 2.37. The first-order valence-electron chi connectivity index (χ1n) is 6.83. The van der Waals surface area contributed by atoms with E-state index in [4.69, 9.17) is 5.84 Å². The number of hydrazine groups is 1. The molecule has 1 aliphatic rings. The molecule has 1 atom stereocenters. The summed E-state index contributed by atoms with van der Waals surface area (Å²) in [5, 5.41) is 4.12. The van der Waals surface area contributed by atoms with Crippen molar-refractivity contribution in [2.45, 2.75) is 50.5 Å². The Morgan fingerprint density at radius 2 is 2.21 bits per heavy atom. The van der Waals surface area contributed by atoms with Gasteiger partial charge in [0.15, 0.2) is 0 Å². The number of hydrogen-bond donors (Lipinski definition) is 2. The number of halogens is 2. The van der Waals surface area contributed by atoms with E-state index in [0.29, 0.717) is 12.8 Å². The lowest BCUT2D eigenvalue weighted by Crippen LogP contribution is -2.43. The van der Waals surface area contributed by atoms with Crippen molar-refractivity contribution in [1.82, 2.24) is 15.2 Å². The molecule has 0 bridgehead atoms. The number of nitrogens with two attached hydrogens (primary N) is 1. The van der Waals surface area contributed by atoms with Crippen molar-refractivity contribution in [3.63, 3.8) is 0 Å². The van der Waals surface area contributed by atoms with Gasteiger partial charge in [-0.05, 0) is 37.7 Å². The number of nitrogens with one attached hydrogen (secondary N) is 1. The lowest BCUT2D eigenvalue weighted by atomic mass is 9.80. The summed E-state index contributed by atoms with van der Waals surface area (Å²) in [4.78, 5) is 0. The number of rotatable bonds is 5. The van der Waals surface area contributed by atoms with Crippen LogP contribution in [0.5, 0.6) is 0 Å². The molecule has 4 nitrogen and oxygen atoms in total. The first-order chi connectivity index (χ1) is 9.02. The van der Waals surface area contributed by atoms with Gasteiger partial charge in [-0.3, -0.25) is 16.0 Å². The maximum absolute atomic E-state index is 13.1. The Morgan fingerprint density at radius 1 is 1.53 bits per heavy atom. The highest BCUT2D eigenvalue weighted by Crippen LogP contribution is 2.38. The largest absolute Gasteiger partial charge is 0.273 e. The molecular weight excluding hydrogens is 250 g/mol. The van der Waals surface area contributed by atoms with Crippen molar-refractivity contribution in [2.24, 2.45) is 18.8 Å². The van der Waals surface area contributed by atoms with Gasteiger partial charge in [0.25, 0.3) is 0 Å². The third-order valence-corrected chi connectivity index (χ3v) is 4.18. The number of nitrogens with zero attached hydrogens (tertiary/aromatic N) is 2. The van der Waals surface area contributed by atoms with Crippen LogP contribution in [0.1, 0.15) is 37.8 Å². The molecule has 1 heterocycles. The second kappa shape index (κ2) is 5.96. The van der Waals surface area contributed by atoms with Crippen molar-refractivity contribution in [1.29, 1.82) is 0 Å². The van der Waals surface area contributed by atoms with Crippen LogP contribution in [0.15, 0.2) is 12.3 Å². The molecule has 1 aromatic rings. The van der Waals surface area contributed by atoms with E-state index < -0.39 is 5.92 Å².